The second kappa shape index (κ2) is 7.95. The lowest BCUT2D eigenvalue weighted by atomic mass is 9.81. The van der Waals surface area contributed by atoms with Gasteiger partial charge in [-0.25, -0.2) is 4.68 Å². The molecule has 0 aliphatic heterocycles. The highest BCUT2D eigenvalue weighted by molar-refractivity contribution is 5.31. The fourth-order valence-electron chi connectivity index (χ4n) is 4.03. The van der Waals surface area contributed by atoms with Crippen molar-refractivity contribution >= 4 is 0 Å². The van der Waals surface area contributed by atoms with Crippen molar-refractivity contribution in [1.82, 2.24) is 25.5 Å². The molecule has 0 radical (unpaired) electrons. The Morgan fingerprint density at radius 3 is 2.71 bits per heavy atom. The van der Waals surface area contributed by atoms with E-state index in [9.17, 15) is 0 Å². The zero-order valence-corrected chi connectivity index (χ0v) is 17.5. The van der Waals surface area contributed by atoms with Gasteiger partial charge in [-0.2, -0.15) is 0 Å². The fraction of sp³-hybridized carbons (Fsp3) is 0.762. The third kappa shape index (κ3) is 3.74. The first-order valence-electron chi connectivity index (χ1n) is 10.7. The molecular weight excluding hydrogens is 354 g/mol. The van der Waals surface area contributed by atoms with Crippen molar-refractivity contribution < 1.29 is 9.15 Å². The van der Waals surface area contributed by atoms with E-state index < -0.39 is 0 Å². The van der Waals surface area contributed by atoms with E-state index in [2.05, 4.69) is 47.7 Å². The largest absolute Gasteiger partial charge is 0.469 e. The van der Waals surface area contributed by atoms with Crippen LogP contribution in [0.5, 0.6) is 0 Å². The number of nitrogens with zero attached hydrogens (tertiary/aromatic N) is 4. The lowest BCUT2D eigenvalue weighted by Gasteiger charge is -2.34. The molecule has 2 aliphatic rings. The standard InChI is InChI=1S/C21H33N5O2/c1-5-21(2,3)26-20(23-24-25-26)18(16-11-12-28-19(16)15-9-10-15)22-13-17(27-4)14-7-6-8-14/h11-12,14-15,17-18,22H,5-10,13H2,1-4H3. The van der Waals surface area contributed by atoms with Gasteiger partial charge in [-0.15, -0.1) is 5.10 Å². The summed E-state index contributed by atoms with van der Waals surface area (Å²) >= 11 is 0. The number of tetrazole rings is 1. The Balaban J connectivity index is 1.64. The summed E-state index contributed by atoms with van der Waals surface area (Å²) in [6, 6.07) is 1.97. The Labute approximate surface area is 167 Å². The maximum atomic E-state index is 5.88. The average Bonchev–Trinajstić information content (AvgIpc) is 3.17. The molecule has 0 aromatic carbocycles. The number of rotatable bonds is 10. The van der Waals surface area contributed by atoms with Crippen LogP contribution in [-0.2, 0) is 10.3 Å². The zero-order chi connectivity index (χ0) is 19.7. The van der Waals surface area contributed by atoms with Crippen LogP contribution in [0.1, 0.15) is 88.4 Å². The summed E-state index contributed by atoms with van der Waals surface area (Å²) in [5, 5.41) is 16.6. The van der Waals surface area contributed by atoms with Crippen molar-refractivity contribution in [1.29, 1.82) is 0 Å². The lowest BCUT2D eigenvalue weighted by Crippen LogP contribution is -2.41. The maximum Gasteiger partial charge on any atom is 0.173 e. The molecule has 0 saturated heterocycles. The fourth-order valence-corrected chi connectivity index (χ4v) is 4.03. The third-order valence-corrected chi connectivity index (χ3v) is 6.68. The van der Waals surface area contributed by atoms with Crippen molar-refractivity contribution in [3.63, 3.8) is 0 Å². The zero-order valence-electron chi connectivity index (χ0n) is 17.5. The lowest BCUT2D eigenvalue weighted by molar-refractivity contribution is 0.0186. The van der Waals surface area contributed by atoms with Crippen molar-refractivity contribution in [3.8, 4) is 0 Å². The number of aromatic nitrogens is 4. The normalized spacial score (nSPS) is 20.1. The predicted octanol–water partition coefficient (Wildman–Crippen LogP) is 3.78. The van der Waals surface area contributed by atoms with Crippen LogP contribution in [0.2, 0.25) is 0 Å². The van der Waals surface area contributed by atoms with Gasteiger partial charge in [-0.3, -0.25) is 0 Å². The first-order valence-corrected chi connectivity index (χ1v) is 10.7. The molecule has 0 amide bonds. The Kier molecular flexibility index (Phi) is 5.56. The Morgan fingerprint density at radius 2 is 2.11 bits per heavy atom. The van der Waals surface area contributed by atoms with E-state index >= 15 is 0 Å². The number of furan rings is 1. The van der Waals surface area contributed by atoms with Crippen molar-refractivity contribution in [3.05, 3.63) is 29.5 Å². The summed E-state index contributed by atoms with van der Waals surface area (Å²) in [6.07, 6.45) is 9.18. The minimum Gasteiger partial charge on any atom is -0.469 e. The van der Waals surface area contributed by atoms with E-state index in [-0.39, 0.29) is 17.7 Å². The third-order valence-electron chi connectivity index (χ3n) is 6.68. The predicted molar refractivity (Wildman–Crippen MR) is 106 cm³/mol. The van der Waals surface area contributed by atoms with Crippen LogP contribution in [-0.4, -0.2) is 40.0 Å². The van der Waals surface area contributed by atoms with Crippen molar-refractivity contribution in [2.75, 3.05) is 13.7 Å². The number of ether oxygens (including phenoxy) is 1. The second-order valence-electron chi connectivity index (χ2n) is 8.94. The molecule has 4 rings (SSSR count). The van der Waals surface area contributed by atoms with Gasteiger partial charge in [0.1, 0.15) is 5.76 Å². The molecule has 0 bridgehead atoms. The van der Waals surface area contributed by atoms with Crippen LogP contribution < -0.4 is 5.32 Å². The summed E-state index contributed by atoms with van der Waals surface area (Å²) in [7, 11) is 1.82. The summed E-state index contributed by atoms with van der Waals surface area (Å²) in [5.74, 6) is 3.11. The first-order chi connectivity index (χ1) is 13.5. The topological polar surface area (TPSA) is 78.0 Å². The van der Waals surface area contributed by atoms with Crippen molar-refractivity contribution in [2.24, 2.45) is 5.92 Å². The van der Waals surface area contributed by atoms with E-state index in [0.717, 1.165) is 30.1 Å². The van der Waals surface area contributed by atoms with Crippen LogP contribution in [0.3, 0.4) is 0 Å². The van der Waals surface area contributed by atoms with Crippen LogP contribution in [0.25, 0.3) is 0 Å². The number of hydrogen-bond acceptors (Lipinski definition) is 6. The molecule has 7 heteroatoms. The van der Waals surface area contributed by atoms with E-state index in [1.165, 1.54) is 32.1 Å². The highest BCUT2D eigenvalue weighted by Crippen LogP contribution is 2.44. The summed E-state index contributed by atoms with van der Waals surface area (Å²) < 4.78 is 13.7. The van der Waals surface area contributed by atoms with E-state index in [0.29, 0.717) is 11.8 Å². The molecule has 2 atom stereocenters. The quantitative estimate of drug-likeness (QED) is 0.668. The highest BCUT2D eigenvalue weighted by atomic mass is 16.5. The molecule has 28 heavy (non-hydrogen) atoms. The molecule has 2 fully saturated rings. The highest BCUT2D eigenvalue weighted by Gasteiger charge is 2.36. The van der Waals surface area contributed by atoms with E-state index in [1.807, 2.05) is 11.8 Å². The van der Waals surface area contributed by atoms with Crippen LogP contribution in [0, 0.1) is 5.92 Å². The SMILES string of the molecule is CCC(C)(C)n1nnnc1C(NCC(OC)C1CCC1)c1ccoc1C1CC1. The van der Waals surface area contributed by atoms with E-state index in [4.69, 9.17) is 9.15 Å². The molecule has 1 N–H and O–H groups in total. The second-order valence-corrected chi connectivity index (χ2v) is 8.94. The number of nitrogens with one attached hydrogen (secondary N) is 1. The summed E-state index contributed by atoms with van der Waals surface area (Å²) in [5.41, 5.74) is 1.01. The summed E-state index contributed by atoms with van der Waals surface area (Å²) in [6.45, 7) is 7.29. The van der Waals surface area contributed by atoms with Gasteiger partial charge in [0, 0.05) is 25.1 Å². The van der Waals surface area contributed by atoms with Crippen LogP contribution in [0.4, 0.5) is 0 Å². The van der Waals surface area contributed by atoms with Gasteiger partial charge in [0.15, 0.2) is 5.82 Å². The Morgan fingerprint density at radius 1 is 1.32 bits per heavy atom. The van der Waals surface area contributed by atoms with Crippen LogP contribution >= 0.6 is 0 Å². The first kappa shape index (κ1) is 19.6. The molecule has 2 aromatic rings. The monoisotopic (exact) mass is 387 g/mol. The molecule has 2 aliphatic carbocycles. The number of hydrogen-bond donors (Lipinski definition) is 1. The minimum absolute atomic E-state index is 0.104. The maximum absolute atomic E-state index is 5.88. The average molecular weight is 388 g/mol. The van der Waals surface area contributed by atoms with Crippen molar-refractivity contribution in [2.45, 2.75) is 82.9 Å². The number of methoxy groups -OCH3 is 1. The molecule has 2 heterocycles. The molecule has 7 nitrogen and oxygen atoms in total. The van der Waals surface area contributed by atoms with E-state index in [1.54, 1.807) is 6.26 Å². The Hall–Kier alpha value is -1.73. The minimum atomic E-state index is -0.156. The summed E-state index contributed by atoms with van der Waals surface area (Å²) in [4.78, 5) is 0. The molecule has 154 valence electrons. The smallest absolute Gasteiger partial charge is 0.173 e. The van der Waals surface area contributed by atoms with Gasteiger partial charge in [-0.1, -0.05) is 13.3 Å². The van der Waals surface area contributed by atoms with Crippen LogP contribution in [0.15, 0.2) is 16.7 Å². The van der Waals surface area contributed by atoms with Gasteiger partial charge < -0.3 is 14.5 Å². The molecule has 2 aromatic heterocycles. The van der Waals surface area contributed by atoms with Gasteiger partial charge in [0.05, 0.1) is 23.9 Å². The van der Waals surface area contributed by atoms with Gasteiger partial charge in [0.2, 0.25) is 0 Å². The van der Waals surface area contributed by atoms with Gasteiger partial charge in [0.25, 0.3) is 0 Å². The molecular formula is C21H33N5O2. The molecule has 2 saturated carbocycles. The molecule has 2 unspecified atom stereocenters. The Bertz CT molecular complexity index is 775. The van der Waals surface area contributed by atoms with Gasteiger partial charge >= 0.3 is 0 Å². The molecule has 0 spiro atoms. The van der Waals surface area contributed by atoms with Gasteiger partial charge in [-0.05, 0) is 68.4 Å².